The van der Waals surface area contributed by atoms with E-state index in [1.54, 1.807) is 18.2 Å². The molecule has 1 aliphatic heterocycles. The number of hydrogen-bond acceptors (Lipinski definition) is 5. The fourth-order valence-electron chi connectivity index (χ4n) is 2.77. The Kier molecular flexibility index (Phi) is 4.11. The van der Waals surface area contributed by atoms with E-state index in [4.69, 9.17) is 11.6 Å². The van der Waals surface area contributed by atoms with Gasteiger partial charge in [0, 0.05) is 23.9 Å². The highest BCUT2D eigenvalue weighted by molar-refractivity contribution is 6.21. The van der Waals surface area contributed by atoms with Crippen LogP contribution in [0.3, 0.4) is 0 Å². The molecule has 0 fully saturated rings. The van der Waals surface area contributed by atoms with Crippen LogP contribution in [-0.4, -0.2) is 25.9 Å². The van der Waals surface area contributed by atoms with Crippen molar-refractivity contribution >= 4 is 17.5 Å². The fourth-order valence-corrected chi connectivity index (χ4v) is 2.84. The molecular weight excluding hydrogens is 385 g/mol. The standard InChI is InChI=1S/C17H10ClF3N4O2/c18-17(20,21)16-23-14(24-27-16)10-5-11-13(22-6-10)8-25(15(11)26)7-9-3-1-2-4-12(9)19/h1-6H,7-8H2. The van der Waals surface area contributed by atoms with Crippen LogP contribution in [0.1, 0.15) is 27.5 Å². The molecule has 27 heavy (non-hydrogen) atoms. The Bertz CT molecular complexity index is 1040. The second-order valence-corrected chi connectivity index (χ2v) is 6.37. The van der Waals surface area contributed by atoms with Gasteiger partial charge < -0.3 is 9.42 Å². The molecule has 0 saturated heterocycles. The second kappa shape index (κ2) is 6.34. The number of rotatable bonds is 4. The number of carbonyl (C=O) groups is 1. The van der Waals surface area contributed by atoms with E-state index < -0.39 is 17.1 Å². The summed E-state index contributed by atoms with van der Waals surface area (Å²) in [6, 6.07) is 7.60. The molecule has 6 nitrogen and oxygen atoms in total. The number of halogens is 4. The van der Waals surface area contributed by atoms with E-state index in [9.17, 15) is 18.0 Å². The third-order valence-corrected chi connectivity index (χ3v) is 4.24. The molecule has 1 amide bonds. The van der Waals surface area contributed by atoms with E-state index in [2.05, 4.69) is 19.6 Å². The van der Waals surface area contributed by atoms with Gasteiger partial charge in [-0.3, -0.25) is 9.78 Å². The quantitative estimate of drug-likeness (QED) is 0.631. The summed E-state index contributed by atoms with van der Waals surface area (Å²) >= 11 is 4.85. The summed E-state index contributed by atoms with van der Waals surface area (Å²) in [5.41, 5.74) is 1.37. The Balaban J connectivity index is 1.60. The minimum absolute atomic E-state index is 0.0853. The molecular formula is C17H10ClF3N4O2. The SMILES string of the molecule is O=C1c2cc(-c3noc(C(F)(F)Cl)n3)cnc2CN1Cc1ccccc1F. The number of amides is 1. The van der Waals surface area contributed by atoms with E-state index >= 15 is 0 Å². The Hall–Kier alpha value is -2.94. The number of alkyl halides is 3. The lowest BCUT2D eigenvalue weighted by molar-refractivity contribution is 0.0550. The summed E-state index contributed by atoms with van der Waals surface area (Å²) in [6.45, 7) is 0.294. The van der Waals surface area contributed by atoms with Crippen molar-refractivity contribution in [1.29, 1.82) is 0 Å². The number of pyridine rings is 1. The molecule has 0 unspecified atom stereocenters. The highest BCUT2D eigenvalue weighted by Crippen LogP contribution is 2.33. The van der Waals surface area contributed by atoms with Gasteiger partial charge in [-0.1, -0.05) is 23.4 Å². The topological polar surface area (TPSA) is 72.1 Å². The molecule has 0 aliphatic carbocycles. The molecule has 1 aromatic carbocycles. The van der Waals surface area contributed by atoms with Gasteiger partial charge in [-0.2, -0.15) is 13.8 Å². The van der Waals surface area contributed by atoms with Crippen LogP contribution in [0, 0.1) is 5.82 Å². The summed E-state index contributed by atoms with van der Waals surface area (Å²) in [7, 11) is 0. The summed E-state index contributed by atoms with van der Waals surface area (Å²) < 4.78 is 44.3. The van der Waals surface area contributed by atoms with Crippen molar-refractivity contribution in [1.82, 2.24) is 20.0 Å². The minimum atomic E-state index is -3.79. The lowest BCUT2D eigenvalue weighted by Crippen LogP contribution is -2.23. The van der Waals surface area contributed by atoms with Crippen LogP contribution < -0.4 is 0 Å². The predicted molar refractivity (Wildman–Crippen MR) is 87.3 cm³/mol. The van der Waals surface area contributed by atoms with Crippen LogP contribution in [0.5, 0.6) is 0 Å². The molecule has 0 saturated carbocycles. The van der Waals surface area contributed by atoms with Gasteiger partial charge in [-0.05, 0) is 23.7 Å². The van der Waals surface area contributed by atoms with Crippen LogP contribution in [0.25, 0.3) is 11.4 Å². The van der Waals surface area contributed by atoms with Crippen LogP contribution in [0.2, 0.25) is 0 Å². The van der Waals surface area contributed by atoms with Crippen LogP contribution in [0.15, 0.2) is 41.1 Å². The summed E-state index contributed by atoms with van der Waals surface area (Å²) in [6.07, 6.45) is 1.35. The van der Waals surface area contributed by atoms with E-state index in [0.29, 0.717) is 11.3 Å². The van der Waals surface area contributed by atoms with Gasteiger partial charge in [-0.25, -0.2) is 4.39 Å². The van der Waals surface area contributed by atoms with Gasteiger partial charge in [0.25, 0.3) is 5.91 Å². The molecule has 0 N–H and O–H groups in total. The van der Waals surface area contributed by atoms with Crippen molar-refractivity contribution in [2.45, 2.75) is 18.5 Å². The van der Waals surface area contributed by atoms with Crippen molar-refractivity contribution in [3.63, 3.8) is 0 Å². The second-order valence-electron chi connectivity index (χ2n) is 5.89. The monoisotopic (exact) mass is 394 g/mol. The zero-order valence-electron chi connectivity index (χ0n) is 13.5. The van der Waals surface area contributed by atoms with Gasteiger partial charge in [0.15, 0.2) is 0 Å². The molecule has 0 radical (unpaired) electrons. The van der Waals surface area contributed by atoms with E-state index in [0.717, 1.165) is 0 Å². The van der Waals surface area contributed by atoms with Crippen LogP contribution in [0.4, 0.5) is 13.2 Å². The van der Waals surface area contributed by atoms with E-state index in [-0.39, 0.29) is 35.9 Å². The van der Waals surface area contributed by atoms with Gasteiger partial charge in [0.1, 0.15) is 5.82 Å². The Morgan fingerprint density at radius 3 is 2.78 bits per heavy atom. The van der Waals surface area contributed by atoms with Gasteiger partial charge in [0.05, 0.1) is 17.8 Å². The maximum atomic E-state index is 13.8. The van der Waals surface area contributed by atoms with Crippen molar-refractivity contribution < 1.29 is 22.5 Å². The highest BCUT2D eigenvalue weighted by Gasteiger charge is 2.36. The van der Waals surface area contributed by atoms with E-state index in [1.165, 1.54) is 23.2 Å². The average Bonchev–Trinajstić information content (AvgIpc) is 3.23. The van der Waals surface area contributed by atoms with Crippen LogP contribution in [-0.2, 0) is 18.5 Å². The summed E-state index contributed by atoms with van der Waals surface area (Å²) in [4.78, 5) is 21.8. The molecule has 4 rings (SSSR count). The normalized spacial score (nSPS) is 13.9. The molecule has 3 heterocycles. The fraction of sp³-hybridized carbons (Fsp3) is 0.176. The smallest absolute Gasteiger partial charge is 0.331 e. The maximum absolute atomic E-state index is 13.8. The maximum Gasteiger partial charge on any atom is 0.400 e. The molecule has 0 atom stereocenters. The van der Waals surface area contributed by atoms with Crippen molar-refractivity contribution in [3.8, 4) is 11.4 Å². The van der Waals surface area contributed by atoms with Crippen molar-refractivity contribution in [2.24, 2.45) is 0 Å². The van der Waals surface area contributed by atoms with Gasteiger partial charge in [0.2, 0.25) is 5.82 Å². The first-order valence-corrected chi connectivity index (χ1v) is 8.13. The molecule has 1 aliphatic rings. The summed E-state index contributed by atoms with van der Waals surface area (Å²) in [5.74, 6) is -1.97. The number of benzene rings is 1. The number of nitrogens with zero attached hydrogens (tertiary/aromatic N) is 4. The molecule has 3 aromatic rings. The zero-order chi connectivity index (χ0) is 19.2. The molecule has 138 valence electrons. The number of aromatic nitrogens is 3. The Morgan fingerprint density at radius 1 is 1.30 bits per heavy atom. The third kappa shape index (κ3) is 3.25. The van der Waals surface area contributed by atoms with Crippen LogP contribution >= 0.6 is 11.6 Å². The number of hydrogen-bond donors (Lipinski definition) is 0. The molecule has 2 aromatic heterocycles. The largest absolute Gasteiger partial charge is 0.400 e. The molecule has 10 heteroatoms. The van der Waals surface area contributed by atoms with E-state index in [1.807, 2.05) is 0 Å². The zero-order valence-corrected chi connectivity index (χ0v) is 14.3. The first kappa shape index (κ1) is 17.5. The lowest BCUT2D eigenvalue weighted by Gasteiger charge is -2.15. The molecule has 0 bridgehead atoms. The summed E-state index contributed by atoms with van der Waals surface area (Å²) in [5, 5.41) is -0.353. The Morgan fingerprint density at radius 2 is 2.07 bits per heavy atom. The first-order chi connectivity index (χ1) is 12.8. The van der Waals surface area contributed by atoms with Gasteiger partial charge >= 0.3 is 11.3 Å². The minimum Gasteiger partial charge on any atom is -0.331 e. The number of fused-ring (bicyclic) bond motifs is 1. The predicted octanol–water partition coefficient (Wildman–Crippen LogP) is 3.71. The average molecular weight is 395 g/mol. The van der Waals surface area contributed by atoms with Crippen molar-refractivity contribution in [3.05, 3.63) is 65.1 Å². The Labute approximate surface area is 155 Å². The lowest BCUT2D eigenvalue weighted by atomic mass is 10.1. The van der Waals surface area contributed by atoms with Gasteiger partial charge in [-0.15, -0.1) is 0 Å². The third-order valence-electron chi connectivity index (χ3n) is 4.07. The highest BCUT2D eigenvalue weighted by atomic mass is 35.5. The molecule has 0 spiro atoms. The number of carbonyl (C=O) groups excluding carboxylic acids is 1. The van der Waals surface area contributed by atoms with Crippen molar-refractivity contribution in [2.75, 3.05) is 0 Å². The first-order valence-electron chi connectivity index (χ1n) is 7.76.